The first kappa shape index (κ1) is 24.7. The van der Waals surface area contributed by atoms with Gasteiger partial charge < -0.3 is 10.1 Å². The third-order valence-corrected chi connectivity index (χ3v) is 5.63. The number of aliphatic imine (C=N–C) groups is 1. The molecule has 1 amide bonds. The van der Waals surface area contributed by atoms with E-state index in [0.29, 0.717) is 35.7 Å². The van der Waals surface area contributed by atoms with Crippen LogP contribution in [0.15, 0.2) is 53.5 Å². The molecule has 2 aromatic carbocycles. The van der Waals surface area contributed by atoms with Gasteiger partial charge in [-0.25, -0.2) is 4.79 Å². The predicted molar refractivity (Wildman–Crippen MR) is 133 cm³/mol. The summed E-state index contributed by atoms with van der Waals surface area (Å²) in [5.74, 6) is -0.405. The molecule has 0 aliphatic carbocycles. The third-order valence-electron chi connectivity index (χ3n) is 5.63. The molecule has 0 radical (unpaired) electrons. The standard InChI is InChI=1S/C26H31N5O3/c1-6-31-19(4)23(18(3)30-31)14-15-27-26(29-24(32)22-13-8-7-10-17(22)2)28-21-12-9-11-20(16-21)25(33)34-5/h7-13,16H,6,14-15H2,1-5H3,(H2,27,28,29,32). The van der Waals surface area contributed by atoms with Crippen LogP contribution in [-0.4, -0.2) is 41.3 Å². The lowest BCUT2D eigenvalue weighted by Crippen LogP contribution is -2.36. The van der Waals surface area contributed by atoms with Gasteiger partial charge >= 0.3 is 5.97 Å². The molecule has 8 heteroatoms. The Bertz CT molecular complexity index is 1210. The van der Waals surface area contributed by atoms with Gasteiger partial charge in [0, 0.05) is 30.0 Å². The number of nitrogens with zero attached hydrogens (tertiary/aromatic N) is 3. The van der Waals surface area contributed by atoms with Gasteiger partial charge in [-0.05, 0) is 69.5 Å². The number of carbonyl (C=O) groups is 2. The van der Waals surface area contributed by atoms with Gasteiger partial charge in [-0.3, -0.25) is 19.8 Å². The molecule has 0 unspecified atom stereocenters. The quantitative estimate of drug-likeness (QED) is 0.314. The summed E-state index contributed by atoms with van der Waals surface area (Å²) in [7, 11) is 1.34. The normalized spacial score (nSPS) is 11.3. The fraction of sp³-hybridized carbons (Fsp3) is 0.308. The number of hydrogen-bond acceptors (Lipinski definition) is 5. The van der Waals surface area contributed by atoms with Gasteiger partial charge in [-0.1, -0.05) is 24.3 Å². The van der Waals surface area contributed by atoms with Gasteiger partial charge in [0.05, 0.1) is 18.4 Å². The third kappa shape index (κ3) is 5.89. The number of benzene rings is 2. The van der Waals surface area contributed by atoms with Crippen molar-refractivity contribution in [2.45, 2.75) is 40.7 Å². The molecule has 3 rings (SSSR count). The average molecular weight is 462 g/mol. The minimum absolute atomic E-state index is 0.264. The van der Waals surface area contributed by atoms with Crippen molar-refractivity contribution in [3.05, 3.63) is 82.2 Å². The van der Waals surface area contributed by atoms with Crippen LogP contribution in [0.3, 0.4) is 0 Å². The second-order valence-corrected chi connectivity index (χ2v) is 7.91. The molecule has 0 aliphatic heterocycles. The predicted octanol–water partition coefficient (Wildman–Crippen LogP) is 4.06. The first-order valence-corrected chi connectivity index (χ1v) is 11.2. The van der Waals surface area contributed by atoms with E-state index in [1.165, 1.54) is 7.11 Å². The minimum Gasteiger partial charge on any atom is -0.465 e. The zero-order valence-corrected chi connectivity index (χ0v) is 20.3. The summed E-state index contributed by atoms with van der Waals surface area (Å²) in [4.78, 5) is 29.5. The maximum absolute atomic E-state index is 13.0. The molecular weight excluding hydrogens is 430 g/mol. The van der Waals surface area contributed by atoms with Crippen LogP contribution in [0.1, 0.15) is 50.2 Å². The number of guanidine groups is 1. The van der Waals surface area contributed by atoms with E-state index in [1.54, 1.807) is 30.3 Å². The lowest BCUT2D eigenvalue weighted by Gasteiger charge is -2.13. The molecule has 0 bridgehead atoms. The van der Waals surface area contributed by atoms with Crippen molar-refractivity contribution in [3.8, 4) is 0 Å². The number of ether oxygens (including phenoxy) is 1. The Labute approximate surface area is 200 Å². The summed E-state index contributed by atoms with van der Waals surface area (Å²) in [5, 5.41) is 10.6. The summed E-state index contributed by atoms with van der Waals surface area (Å²) < 4.78 is 6.78. The van der Waals surface area contributed by atoms with Crippen molar-refractivity contribution < 1.29 is 14.3 Å². The molecule has 0 saturated heterocycles. The average Bonchev–Trinajstić information content (AvgIpc) is 3.11. The molecule has 0 fully saturated rings. The summed E-state index contributed by atoms with van der Waals surface area (Å²) in [6, 6.07) is 14.2. The van der Waals surface area contributed by atoms with Crippen molar-refractivity contribution in [2.24, 2.45) is 4.99 Å². The zero-order chi connectivity index (χ0) is 24.7. The number of amides is 1. The van der Waals surface area contributed by atoms with Crippen LogP contribution in [0.4, 0.5) is 5.69 Å². The number of esters is 1. The van der Waals surface area contributed by atoms with Crippen molar-refractivity contribution in [1.82, 2.24) is 15.1 Å². The van der Waals surface area contributed by atoms with Gasteiger partial charge in [0.15, 0.2) is 0 Å². The smallest absolute Gasteiger partial charge is 0.337 e. The van der Waals surface area contributed by atoms with E-state index >= 15 is 0 Å². The van der Waals surface area contributed by atoms with Crippen LogP contribution in [0.25, 0.3) is 0 Å². The topological polar surface area (TPSA) is 97.6 Å². The van der Waals surface area contributed by atoms with E-state index in [9.17, 15) is 9.59 Å². The molecule has 0 saturated carbocycles. The molecule has 3 aromatic rings. The number of aromatic nitrogens is 2. The highest BCUT2D eigenvalue weighted by molar-refractivity contribution is 6.10. The molecular formula is C26H31N5O3. The van der Waals surface area contributed by atoms with Crippen LogP contribution in [0, 0.1) is 20.8 Å². The Balaban J connectivity index is 1.84. The van der Waals surface area contributed by atoms with Crippen molar-refractivity contribution in [2.75, 3.05) is 19.0 Å². The van der Waals surface area contributed by atoms with E-state index < -0.39 is 5.97 Å². The summed E-state index contributed by atoms with van der Waals surface area (Å²) in [6.45, 7) is 9.26. The number of hydrogen-bond donors (Lipinski definition) is 2. The van der Waals surface area contributed by atoms with Crippen molar-refractivity contribution in [1.29, 1.82) is 0 Å². The molecule has 0 aliphatic rings. The Morgan fingerprint density at radius 2 is 1.85 bits per heavy atom. The van der Waals surface area contributed by atoms with Gasteiger partial charge in [-0.2, -0.15) is 5.10 Å². The fourth-order valence-corrected chi connectivity index (χ4v) is 3.77. The molecule has 1 heterocycles. The van der Waals surface area contributed by atoms with Gasteiger partial charge in [0.1, 0.15) is 0 Å². The van der Waals surface area contributed by atoms with Crippen LogP contribution >= 0.6 is 0 Å². The van der Waals surface area contributed by atoms with Crippen LogP contribution in [0.5, 0.6) is 0 Å². The SMILES string of the molecule is CCn1nc(C)c(CCN=C(NC(=O)c2ccccc2C)Nc2cccc(C(=O)OC)c2)c1C. The maximum Gasteiger partial charge on any atom is 0.337 e. The Kier molecular flexibility index (Phi) is 8.19. The molecule has 2 N–H and O–H groups in total. The van der Waals surface area contributed by atoms with E-state index in [-0.39, 0.29) is 5.91 Å². The highest BCUT2D eigenvalue weighted by atomic mass is 16.5. The molecule has 1 aromatic heterocycles. The molecule has 178 valence electrons. The van der Waals surface area contributed by atoms with E-state index in [0.717, 1.165) is 29.1 Å². The second kappa shape index (κ2) is 11.3. The van der Waals surface area contributed by atoms with Gasteiger partial charge in [-0.15, -0.1) is 0 Å². The lowest BCUT2D eigenvalue weighted by atomic mass is 10.1. The van der Waals surface area contributed by atoms with Gasteiger partial charge in [0.25, 0.3) is 5.91 Å². The second-order valence-electron chi connectivity index (χ2n) is 7.91. The Hall–Kier alpha value is -3.94. The number of carbonyl (C=O) groups excluding carboxylic acids is 2. The Morgan fingerprint density at radius 1 is 1.09 bits per heavy atom. The fourth-order valence-electron chi connectivity index (χ4n) is 3.77. The summed E-state index contributed by atoms with van der Waals surface area (Å²) in [6.07, 6.45) is 0.686. The summed E-state index contributed by atoms with van der Waals surface area (Å²) >= 11 is 0. The highest BCUT2D eigenvalue weighted by Gasteiger charge is 2.14. The Morgan fingerprint density at radius 3 is 2.53 bits per heavy atom. The molecule has 0 atom stereocenters. The maximum atomic E-state index is 13.0. The monoisotopic (exact) mass is 461 g/mol. The first-order valence-electron chi connectivity index (χ1n) is 11.2. The number of rotatable bonds is 7. The van der Waals surface area contributed by atoms with Crippen molar-refractivity contribution in [3.63, 3.8) is 0 Å². The number of anilines is 1. The number of nitrogens with one attached hydrogen (secondary N) is 2. The molecule has 8 nitrogen and oxygen atoms in total. The largest absolute Gasteiger partial charge is 0.465 e. The van der Waals surface area contributed by atoms with E-state index in [1.807, 2.05) is 36.7 Å². The van der Waals surface area contributed by atoms with E-state index in [4.69, 9.17) is 4.74 Å². The lowest BCUT2D eigenvalue weighted by molar-refractivity contribution is 0.0600. The van der Waals surface area contributed by atoms with Gasteiger partial charge in [0.2, 0.25) is 5.96 Å². The molecule has 0 spiro atoms. The number of aryl methyl sites for hydroxylation is 3. The summed E-state index contributed by atoms with van der Waals surface area (Å²) in [5.41, 5.74) is 5.70. The zero-order valence-electron chi connectivity index (χ0n) is 20.3. The van der Waals surface area contributed by atoms with Crippen molar-refractivity contribution >= 4 is 23.5 Å². The first-order chi connectivity index (χ1) is 16.3. The van der Waals surface area contributed by atoms with Crippen LogP contribution in [0.2, 0.25) is 0 Å². The van der Waals surface area contributed by atoms with Crippen LogP contribution in [-0.2, 0) is 17.7 Å². The van der Waals surface area contributed by atoms with E-state index in [2.05, 4.69) is 34.6 Å². The van der Waals surface area contributed by atoms with Crippen LogP contribution < -0.4 is 10.6 Å². The number of methoxy groups -OCH3 is 1. The highest BCUT2D eigenvalue weighted by Crippen LogP contribution is 2.15. The molecule has 34 heavy (non-hydrogen) atoms. The minimum atomic E-state index is -0.440.